The number of ether oxygens (including phenoxy) is 5. The van der Waals surface area contributed by atoms with Gasteiger partial charge in [0.1, 0.15) is 12.4 Å². The van der Waals surface area contributed by atoms with Gasteiger partial charge in [-0.05, 0) is 48.4 Å². The Morgan fingerprint density at radius 2 is 1.56 bits per heavy atom. The van der Waals surface area contributed by atoms with Gasteiger partial charge >= 0.3 is 11.6 Å². The van der Waals surface area contributed by atoms with Crippen LogP contribution in [0, 0.1) is 0 Å². The molecular formula is C28H26O8. The van der Waals surface area contributed by atoms with Crippen molar-refractivity contribution >= 4 is 16.7 Å². The van der Waals surface area contributed by atoms with Crippen LogP contribution in [0.4, 0.5) is 0 Å². The Bertz CT molecular complexity index is 1410. The highest BCUT2D eigenvalue weighted by molar-refractivity contribution is 6.06. The summed E-state index contributed by atoms with van der Waals surface area (Å²) >= 11 is 0. The maximum absolute atomic E-state index is 13.0. The zero-order valence-corrected chi connectivity index (χ0v) is 20.5. The second-order valence-electron chi connectivity index (χ2n) is 7.71. The van der Waals surface area contributed by atoms with Gasteiger partial charge in [-0.2, -0.15) is 0 Å². The second-order valence-corrected chi connectivity index (χ2v) is 7.71. The molecule has 0 spiro atoms. The van der Waals surface area contributed by atoms with Gasteiger partial charge in [0.25, 0.3) is 0 Å². The van der Waals surface area contributed by atoms with Crippen molar-refractivity contribution < 1.29 is 32.9 Å². The molecule has 1 aromatic heterocycles. The van der Waals surface area contributed by atoms with Crippen LogP contribution in [0.1, 0.15) is 23.0 Å². The van der Waals surface area contributed by atoms with Gasteiger partial charge in [-0.25, -0.2) is 9.59 Å². The SMILES string of the molecule is CCOC(=O)c1oc(=O)c2cc(OCc3ccccc3)ccc2c1-c1cc(OC)c(OC)c(OC)c1. The van der Waals surface area contributed by atoms with Crippen LogP contribution in [0.3, 0.4) is 0 Å². The summed E-state index contributed by atoms with van der Waals surface area (Å²) in [6.07, 6.45) is 0. The minimum absolute atomic E-state index is 0.113. The van der Waals surface area contributed by atoms with Crippen molar-refractivity contribution in [3.8, 4) is 34.1 Å². The lowest BCUT2D eigenvalue weighted by Crippen LogP contribution is -2.13. The lowest BCUT2D eigenvalue weighted by atomic mass is 9.97. The maximum atomic E-state index is 13.0. The van der Waals surface area contributed by atoms with Gasteiger partial charge < -0.3 is 28.1 Å². The van der Waals surface area contributed by atoms with Crippen LogP contribution < -0.4 is 24.6 Å². The van der Waals surface area contributed by atoms with E-state index in [0.29, 0.717) is 46.1 Å². The number of methoxy groups -OCH3 is 3. The minimum atomic E-state index is -0.760. The number of fused-ring (bicyclic) bond motifs is 1. The molecule has 0 amide bonds. The summed E-state index contributed by atoms with van der Waals surface area (Å²) in [6, 6.07) is 18.1. The highest BCUT2D eigenvalue weighted by Crippen LogP contribution is 2.43. The summed E-state index contributed by atoms with van der Waals surface area (Å²) in [5.74, 6) is 0.650. The summed E-state index contributed by atoms with van der Waals surface area (Å²) in [7, 11) is 4.48. The van der Waals surface area contributed by atoms with Crippen LogP contribution in [0.25, 0.3) is 21.9 Å². The number of hydrogen-bond acceptors (Lipinski definition) is 8. The van der Waals surface area contributed by atoms with E-state index in [1.807, 2.05) is 30.3 Å². The second kappa shape index (κ2) is 10.9. The van der Waals surface area contributed by atoms with Gasteiger partial charge in [-0.1, -0.05) is 30.3 Å². The molecular weight excluding hydrogens is 464 g/mol. The van der Waals surface area contributed by atoms with E-state index in [2.05, 4.69) is 0 Å². The molecule has 0 N–H and O–H groups in total. The Balaban J connectivity index is 1.91. The molecule has 0 radical (unpaired) electrons. The molecule has 0 aliphatic carbocycles. The zero-order chi connectivity index (χ0) is 25.7. The molecule has 0 aliphatic heterocycles. The molecule has 186 valence electrons. The fraction of sp³-hybridized carbons (Fsp3) is 0.214. The molecule has 4 aromatic rings. The first-order valence-corrected chi connectivity index (χ1v) is 11.3. The summed E-state index contributed by atoms with van der Waals surface area (Å²) in [4.78, 5) is 25.8. The lowest BCUT2D eigenvalue weighted by Gasteiger charge is -2.16. The summed E-state index contributed by atoms with van der Waals surface area (Å²) in [5.41, 5.74) is 1.17. The van der Waals surface area contributed by atoms with Crippen LogP contribution in [0.15, 0.2) is 69.9 Å². The normalized spacial score (nSPS) is 10.7. The van der Waals surface area contributed by atoms with Gasteiger partial charge in [0.15, 0.2) is 11.5 Å². The molecule has 0 aliphatic rings. The van der Waals surface area contributed by atoms with Crippen molar-refractivity contribution in [3.05, 3.63) is 82.4 Å². The van der Waals surface area contributed by atoms with Crippen LogP contribution in [-0.4, -0.2) is 33.9 Å². The smallest absolute Gasteiger partial charge is 0.375 e. The first-order valence-electron chi connectivity index (χ1n) is 11.3. The highest BCUT2D eigenvalue weighted by Gasteiger charge is 2.25. The van der Waals surface area contributed by atoms with Crippen molar-refractivity contribution in [2.24, 2.45) is 0 Å². The van der Waals surface area contributed by atoms with E-state index in [1.54, 1.807) is 37.3 Å². The van der Waals surface area contributed by atoms with Crippen molar-refractivity contribution in [3.63, 3.8) is 0 Å². The molecule has 36 heavy (non-hydrogen) atoms. The number of esters is 1. The number of rotatable bonds is 9. The molecule has 0 saturated heterocycles. The summed E-state index contributed by atoms with van der Waals surface area (Å²) in [6.45, 7) is 2.12. The van der Waals surface area contributed by atoms with Crippen molar-refractivity contribution in [2.45, 2.75) is 13.5 Å². The molecule has 3 aromatic carbocycles. The molecule has 4 rings (SSSR count). The zero-order valence-electron chi connectivity index (χ0n) is 20.5. The molecule has 0 fully saturated rings. The lowest BCUT2D eigenvalue weighted by molar-refractivity contribution is 0.0487. The molecule has 1 heterocycles. The Morgan fingerprint density at radius 1 is 0.861 bits per heavy atom. The number of carbonyl (C=O) groups is 1. The first-order chi connectivity index (χ1) is 17.5. The monoisotopic (exact) mass is 490 g/mol. The Kier molecular flexibility index (Phi) is 7.44. The third kappa shape index (κ3) is 4.84. The van der Waals surface area contributed by atoms with Gasteiger partial charge in [-0.15, -0.1) is 0 Å². The fourth-order valence-corrected chi connectivity index (χ4v) is 3.91. The van der Waals surface area contributed by atoms with Gasteiger partial charge in [0.05, 0.1) is 33.3 Å². The van der Waals surface area contributed by atoms with Crippen LogP contribution >= 0.6 is 0 Å². The van der Waals surface area contributed by atoms with Crippen LogP contribution in [-0.2, 0) is 11.3 Å². The van der Waals surface area contributed by atoms with E-state index < -0.39 is 11.6 Å². The fourth-order valence-electron chi connectivity index (χ4n) is 3.91. The van der Waals surface area contributed by atoms with Crippen LogP contribution in [0.2, 0.25) is 0 Å². The third-order valence-corrected chi connectivity index (χ3v) is 5.56. The Morgan fingerprint density at radius 3 is 2.17 bits per heavy atom. The average Bonchev–Trinajstić information content (AvgIpc) is 2.91. The highest BCUT2D eigenvalue weighted by atomic mass is 16.5. The average molecular weight is 491 g/mol. The quantitative estimate of drug-likeness (QED) is 0.294. The van der Waals surface area contributed by atoms with E-state index in [9.17, 15) is 9.59 Å². The molecule has 8 nitrogen and oxygen atoms in total. The molecule has 0 unspecified atom stereocenters. The maximum Gasteiger partial charge on any atom is 0.375 e. The van der Waals surface area contributed by atoms with Crippen molar-refractivity contribution in [2.75, 3.05) is 27.9 Å². The van der Waals surface area contributed by atoms with E-state index in [-0.39, 0.29) is 17.8 Å². The number of hydrogen-bond donors (Lipinski definition) is 0. The standard InChI is InChI=1S/C28H26O8/c1-5-34-28(30)26-24(18-13-22(31-2)25(33-4)23(14-18)32-3)20-12-11-19(15-21(20)27(29)36-26)35-16-17-9-7-6-8-10-17/h6-15H,5,16H2,1-4H3. The van der Waals surface area contributed by atoms with Gasteiger partial charge in [0, 0.05) is 10.9 Å². The van der Waals surface area contributed by atoms with Gasteiger partial charge in [0.2, 0.25) is 11.5 Å². The van der Waals surface area contributed by atoms with E-state index in [0.717, 1.165) is 5.56 Å². The third-order valence-electron chi connectivity index (χ3n) is 5.56. The van der Waals surface area contributed by atoms with E-state index in [1.165, 1.54) is 21.3 Å². The van der Waals surface area contributed by atoms with E-state index >= 15 is 0 Å². The minimum Gasteiger partial charge on any atom is -0.493 e. The molecule has 0 bridgehead atoms. The number of carbonyl (C=O) groups excluding carboxylic acids is 1. The largest absolute Gasteiger partial charge is 0.493 e. The summed E-state index contributed by atoms with van der Waals surface area (Å²) < 4.78 is 33.0. The van der Waals surface area contributed by atoms with E-state index in [4.69, 9.17) is 28.1 Å². The predicted octanol–water partition coefficient (Wildman–Crippen LogP) is 5.24. The molecule has 0 atom stereocenters. The van der Waals surface area contributed by atoms with Crippen molar-refractivity contribution in [1.82, 2.24) is 0 Å². The van der Waals surface area contributed by atoms with Crippen molar-refractivity contribution in [1.29, 1.82) is 0 Å². The van der Waals surface area contributed by atoms with Crippen LogP contribution in [0.5, 0.6) is 23.0 Å². The van der Waals surface area contributed by atoms with Gasteiger partial charge in [-0.3, -0.25) is 0 Å². The molecule has 8 heteroatoms. The Labute approximate surface area is 207 Å². The predicted molar refractivity (Wildman–Crippen MR) is 134 cm³/mol. The number of benzene rings is 3. The summed E-state index contributed by atoms with van der Waals surface area (Å²) in [5, 5.41) is 0.730. The topological polar surface area (TPSA) is 93.4 Å². The first kappa shape index (κ1) is 24.7. The molecule has 0 saturated carbocycles. The Hall–Kier alpha value is -4.46.